The van der Waals surface area contributed by atoms with E-state index in [9.17, 15) is 15.0 Å². The highest BCUT2D eigenvalue weighted by atomic mass is 79.9. The normalized spacial score (nSPS) is 10.8. The van der Waals surface area contributed by atoms with Crippen molar-refractivity contribution >= 4 is 21.8 Å². The van der Waals surface area contributed by atoms with E-state index in [1.165, 1.54) is 17.0 Å². The van der Waals surface area contributed by atoms with Crippen molar-refractivity contribution < 1.29 is 15.0 Å². The number of hydrogen-bond donors (Lipinski definition) is 2. The summed E-state index contributed by atoms with van der Waals surface area (Å²) in [5.41, 5.74) is 3.93. The fourth-order valence-electron chi connectivity index (χ4n) is 3.61. The average Bonchev–Trinajstić information content (AvgIpc) is 3.24. The maximum atomic E-state index is 13.2. The van der Waals surface area contributed by atoms with Crippen LogP contribution in [-0.2, 0) is 6.54 Å². The maximum absolute atomic E-state index is 13.2. The first kappa shape index (κ1) is 21.6. The van der Waals surface area contributed by atoms with Gasteiger partial charge in [0.1, 0.15) is 11.5 Å². The quantitative estimate of drug-likeness (QED) is 0.397. The lowest BCUT2D eigenvalue weighted by Crippen LogP contribution is -2.26. The number of para-hydroxylation sites is 1. The third kappa shape index (κ3) is 4.11. The second-order valence-corrected chi connectivity index (χ2v) is 8.41. The van der Waals surface area contributed by atoms with E-state index >= 15 is 0 Å². The minimum atomic E-state index is -0.360. The van der Waals surface area contributed by atoms with Crippen molar-refractivity contribution in [2.45, 2.75) is 13.5 Å². The lowest BCUT2D eigenvalue weighted by Gasteiger charge is -2.20. The molecule has 2 N–H and O–H groups in total. The molecule has 1 heterocycles. The minimum Gasteiger partial charge on any atom is -0.507 e. The predicted octanol–water partition coefficient (Wildman–Crippen LogP) is 5.29. The van der Waals surface area contributed by atoms with Crippen molar-refractivity contribution in [3.8, 4) is 28.4 Å². The van der Waals surface area contributed by atoms with Crippen molar-refractivity contribution in [2.24, 2.45) is 0 Å². The van der Waals surface area contributed by atoms with E-state index in [0.717, 1.165) is 21.3 Å². The second-order valence-electron chi connectivity index (χ2n) is 7.55. The van der Waals surface area contributed by atoms with Crippen LogP contribution in [0.1, 0.15) is 21.5 Å². The van der Waals surface area contributed by atoms with Gasteiger partial charge in [0, 0.05) is 29.7 Å². The molecule has 32 heavy (non-hydrogen) atoms. The molecule has 3 aromatic carbocycles. The van der Waals surface area contributed by atoms with Gasteiger partial charge in [0.05, 0.1) is 23.1 Å². The number of carbonyl (C=O) groups is 1. The lowest BCUT2D eigenvalue weighted by atomic mass is 10.0. The number of nitrogens with zero attached hydrogens (tertiary/aromatic N) is 3. The zero-order chi connectivity index (χ0) is 22.8. The van der Waals surface area contributed by atoms with E-state index < -0.39 is 0 Å². The van der Waals surface area contributed by atoms with Gasteiger partial charge in [-0.3, -0.25) is 4.79 Å². The Kier molecular flexibility index (Phi) is 6.01. The Labute approximate surface area is 194 Å². The molecule has 1 amide bonds. The van der Waals surface area contributed by atoms with Gasteiger partial charge in [0.25, 0.3) is 5.91 Å². The van der Waals surface area contributed by atoms with Crippen LogP contribution in [-0.4, -0.2) is 37.8 Å². The molecule has 0 saturated heterocycles. The molecule has 0 saturated carbocycles. The van der Waals surface area contributed by atoms with Crippen molar-refractivity contribution in [1.29, 1.82) is 0 Å². The fraction of sp³-hybridized carbons (Fsp3) is 0.120. The van der Waals surface area contributed by atoms with Gasteiger partial charge in [-0.2, -0.15) is 5.10 Å². The molecule has 0 atom stereocenters. The van der Waals surface area contributed by atoms with Crippen LogP contribution in [0.15, 0.2) is 77.4 Å². The van der Waals surface area contributed by atoms with E-state index in [-0.39, 0.29) is 23.0 Å². The van der Waals surface area contributed by atoms with E-state index in [0.29, 0.717) is 17.8 Å². The smallest absolute Gasteiger partial charge is 0.257 e. The maximum Gasteiger partial charge on any atom is 0.257 e. The van der Waals surface area contributed by atoms with E-state index in [1.54, 1.807) is 24.0 Å². The van der Waals surface area contributed by atoms with Crippen LogP contribution in [0.2, 0.25) is 0 Å². The number of hydrogen-bond acceptors (Lipinski definition) is 4. The number of carbonyl (C=O) groups excluding carboxylic acids is 1. The predicted molar refractivity (Wildman–Crippen MR) is 127 cm³/mol. The number of phenols is 2. The Morgan fingerprint density at radius 3 is 2.50 bits per heavy atom. The van der Waals surface area contributed by atoms with Crippen LogP contribution < -0.4 is 0 Å². The standard InChI is InChI=1S/C25H22BrN3O3/c1-16-7-3-6-10-21(16)29-22(11-12-27-29)18-13-19(24(31)14-23(18)30)25(32)28(2)15-17-8-4-5-9-20(17)26/h3-14,30-31H,15H2,1-2H3. The van der Waals surface area contributed by atoms with Gasteiger partial charge in [-0.05, 0) is 42.3 Å². The van der Waals surface area contributed by atoms with Crippen LogP contribution in [0.3, 0.4) is 0 Å². The van der Waals surface area contributed by atoms with Gasteiger partial charge in [0.2, 0.25) is 0 Å². The van der Waals surface area contributed by atoms with Gasteiger partial charge in [0.15, 0.2) is 0 Å². The van der Waals surface area contributed by atoms with Gasteiger partial charge in [-0.1, -0.05) is 52.3 Å². The minimum absolute atomic E-state index is 0.102. The van der Waals surface area contributed by atoms with Gasteiger partial charge in [-0.15, -0.1) is 0 Å². The SMILES string of the molecule is Cc1ccccc1-n1nccc1-c1cc(C(=O)N(C)Cc2ccccc2Br)c(O)cc1O. The summed E-state index contributed by atoms with van der Waals surface area (Å²) in [6.45, 7) is 2.33. The zero-order valence-electron chi connectivity index (χ0n) is 17.7. The molecule has 0 aliphatic carbocycles. The Balaban J connectivity index is 1.72. The number of phenolic OH excluding ortho intramolecular Hbond substituents is 2. The summed E-state index contributed by atoms with van der Waals surface area (Å²) in [5, 5.41) is 25.4. The Morgan fingerprint density at radius 1 is 1.03 bits per heavy atom. The number of rotatable bonds is 5. The number of amides is 1. The molecular weight excluding hydrogens is 470 g/mol. The van der Waals surface area contributed by atoms with Crippen molar-refractivity contribution in [3.63, 3.8) is 0 Å². The van der Waals surface area contributed by atoms with Crippen LogP contribution in [0, 0.1) is 6.92 Å². The number of aromatic hydroxyl groups is 2. The monoisotopic (exact) mass is 491 g/mol. The summed E-state index contributed by atoms with van der Waals surface area (Å²) in [5.74, 6) is -0.776. The highest BCUT2D eigenvalue weighted by molar-refractivity contribution is 9.10. The van der Waals surface area contributed by atoms with Gasteiger partial charge < -0.3 is 15.1 Å². The Morgan fingerprint density at radius 2 is 1.75 bits per heavy atom. The van der Waals surface area contributed by atoms with Crippen LogP contribution >= 0.6 is 15.9 Å². The number of benzene rings is 3. The first-order chi connectivity index (χ1) is 15.4. The molecule has 7 heteroatoms. The molecule has 0 spiro atoms. The summed E-state index contributed by atoms with van der Waals surface area (Å²) >= 11 is 3.50. The molecule has 4 rings (SSSR count). The molecular formula is C25H22BrN3O3. The molecule has 6 nitrogen and oxygen atoms in total. The summed E-state index contributed by atoms with van der Waals surface area (Å²) in [6, 6.07) is 19.9. The van der Waals surface area contributed by atoms with Crippen molar-refractivity contribution in [3.05, 3.63) is 94.1 Å². The molecule has 0 aliphatic heterocycles. The first-order valence-electron chi connectivity index (χ1n) is 10.0. The molecule has 162 valence electrons. The lowest BCUT2D eigenvalue weighted by molar-refractivity contribution is 0.0782. The summed E-state index contributed by atoms with van der Waals surface area (Å²) in [6.07, 6.45) is 1.63. The molecule has 0 radical (unpaired) electrons. The molecule has 0 fully saturated rings. The van der Waals surface area contributed by atoms with Crippen LogP contribution in [0.5, 0.6) is 11.5 Å². The largest absolute Gasteiger partial charge is 0.507 e. The number of aryl methyl sites for hydroxylation is 1. The number of halogens is 1. The molecule has 0 bridgehead atoms. The highest BCUT2D eigenvalue weighted by Crippen LogP contribution is 2.36. The van der Waals surface area contributed by atoms with Crippen LogP contribution in [0.25, 0.3) is 16.9 Å². The van der Waals surface area contributed by atoms with Crippen molar-refractivity contribution in [1.82, 2.24) is 14.7 Å². The van der Waals surface area contributed by atoms with E-state index in [2.05, 4.69) is 21.0 Å². The third-order valence-electron chi connectivity index (χ3n) is 5.32. The topological polar surface area (TPSA) is 78.6 Å². The number of aromatic nitrogens is 2. The second kappa shape index (κ2) is 8.88. The molecule has 1 aromatic heterocycles. The molecule has 4 aromatic rings. The highest BCUT2D eigenvalue weighted by Gasteiger charge is 2.22. The summed E-state index contributed by atoms with van der Waals surface area (Å²) < 4.78 is 2.61. The zero-order valence-corrected chi connectivity index (χ0v) is 19.2. The van der Waals surface area contributed by atoms with E-state index in [1.807, 2.05) is 55.5 Å². The molecule has 0 aliphatic rings. The molecule has 0 unspecified atom stereocenters. The first-order valence-corrected chi connectivity index (χ1v) is 10.8. The fourth-order valence-corrected chi connectivity index (χ4v) is 4.02. The summed E-state index contributed by atoms with van der Waals surface area (Å²) in [4.78, 5) is 14.7. The average molecular weight is 492 g/mol. The van der Waals surface area contributed by atoms with Gasteiger partial charge >= 0.3 is 0 Å². The summed E-state index contributed by atoms with van der Waals surface area (Å²) in [7, 11) is 1.67. The third-order valence-corrected chi connectivity index (χ3v) is 6.09. The Bertz CT molecular complexity index is 1300. The Hall–Kier alpha value is -3.58. The van der Waals surface area contributed by atoms with Crippen LogP contribution in [0.4, 0.5) is 0 Å². The van der Waals surface area contributed by atoms with Gasteiger partial charge in [-0.25, -0.2) is 4.68 Å². The van der Waals surface area contributed by atoms with Crippen molar-refractivity contribution in [2.75, 3.05) is 7.05 Å². The van der Waals surface area contributed by atoms with E-state index in [4.69, 9.17) is 0 Å².